The highest BCUT2D eigenvalue weighted by atomic mass is 32.1. The Kier molecular flexibility index (Phi) is 4.15. The van der Waals surface area contributed by atoms with Gasteiger partial charge in [-0.1, -0.05) is 35.6 Å². The van der Waals surface area contributed by atoms with Crippen molar-refractivity contribution in [3.8, 4) is 0 Å². The lowest BCUT2D eigenvalue weighted by molar-refractivity contribution is -0.137. The average Bonchev–Trinajstić information content (AvgIpc) is 2.83. The van der Waals surface area contributed by atoms with Crippen LogP contribution in [0.1, 0.15) is 5.56 Å². The van der Waals surface area contributed by atoms with Gasteiger partial charge in [0.25, 0.3) is 0 Å². The highest BCUT2D eigenvalue weighted by Crippen LogP contribution is 2.34. The summed E-state index contributed by atoms with van der Waals surface area (Å²) in [6.45, 7) is -0.352. The number of hydrogen-bond donors (Lipinski definition) is 1. The molecule has 0 saturated carbocycles. The van der Waals surface area contributed by atoms with Crippen LogP contribution >= 0.6 is 11.3 Å². The van der Waals surface area contributed by atoms with Gasteiger partial charge in [0.2, 0.25) is 5.91 Å². The largest absolute Gasteiger partial charge is 0.418 e. The number of hydrogen-bond acceptors (Lipinski definition) is 3. The van der Waals surface area contributed by atoms with E-state index >= 15 is 0 Å². The third-order valence-corrected chi connectivity index (χ3v) is 4.34. The molecule has 0 fully saturated rings. The highest BCUT2D eigenvalue weighted by Gasteiger charge is 2.33. The Morgan fingerprint density at radius 3 is 2.50 bits per heavy atom. The molecule has 8 heteroatoms. The molecule has 3 rings (SSSR count). The molecule has 1 N–H and O–H groups in total. The normalized spacial score (nSPS) is 11.6. The fourth-order valence-corrected chi connectivity index (χ4v) is 3.23. The molecule has 1 aromatic heterocycles. The number of alkyl halides is 3. The lowest BCUT2D eigenvalue weighted by Crippen LogP contribution is -2.25. The van der Waals surface area contributed by atoms with Crippen molar-refractivity contribution in [1.82, 2.24) is 4.57 Å². The van der Waals surface area contributed by atoms with Crippen molar-refractivity contribution in [2.75, 3.05) is 5.32 Å². The number of carbonyl (C=O) groups is 1. The molecule has 0 atom stereocenters. The summed E-state index contributed by atoms with van der Waals surface area (Å²) >= 11 is 0.982. The van der Waals surface area contributed by atoms with Crippen molar-refractivity contribution in [2.45, 2.75) is 12.7 Å². The zero-order valence-corrected chi connectivity index (χ0v) is 12.9. The predicted molar refractivity (Wildman–Crippen MR) is 86.2 cm³/mol. The van der Waals surface area contributed by atoms with Crippen molar-refractivity contribution in [1.29, 1.82) is 0 Å². The van der Waals surface area contributed by atoms with E-state index in [4.69, 9.17) is 0 Å². The minimum atomic E-state index is -4.57. The Morgan fingerprint density at radius 2 is 1.75 bits per heavy atom. The number of carbonyl (C=O) groups excluding carboxylic acids is 1. The summed E-state index contributed by atoms with van der Waals surface area (Å²) in [4.78, 5) is 23.8. The third-order valence-electron chi connectivity index (χ3n) is 3.38. The number of nitrogens with one attached hydrogen (secondary N) is 1. The van der Waals surface area contributed by atoms with Gasteiger partial charge in [-0.25, -0.2) is 0 Å². The van der Waals surface area contributed by atoms with E-state index in [0.29, 0.717) is 10.2 Å². The van der Waals surface area contributed by atoms with Gasteiger partial charge in [0.15, 0.2) is 0 Å². The van der Waals surface area contributed by atoms with Gasteiger partial charge in [0.05, 0.1) is 21.5 Å². The van der Waals surface area contributed by atoms with Crippen LogP contribution in [0.2, 0.25) is 0 Å². The Morgan fingerprint density at radius 1 is 1.08 bits per heavy atom. The van der Waals surface area contributed by atoms with Crippen molar-refractivity contribution in [2.24, 2.45) is 0 Å². The first kappa shape index (κ1) is 16.3. The summed E-state index contributed by atoms with van der Waals surface area (Å²) in [7, 11) is 0. The molecule has 4 nitrogen and oxygen atoms in total. The standard InChI is InChI=1S/C16H11F3N2O2S/c17-16(18,19)10-5-1-2-6-11(10)20-14(22)9-21-12-7-3-4-8-13(12)24-15(21)23/h1-8H,9H2,(H,20,22). The van der Waals surface area contributed by atoms with Crippen LogP contribution in [0.25, 0.3) is 10.2 Å². The second-order valence-corrected chi connectivity index (χ2v) is 6.01. The van der Waals surface area contributed by atoms with Crippen LogP contribution < -0.4 is 10.2 Å². The van der Waals surface area contributed by atoms with Crippen molar-refractivity contribution < 1.29 is 18.0 Å². The minimum absolute atomic E-state index is 0.331. The first-order valence-electron chi connectivity index (χ1n) is 6.91. The maximum Gasteiger partial charge on any atom is 0.418 e. The van der Waals surface area contributed by atoms with Crippen LogP contribution in [0.4, 0.5) is 18.9 Å². The van der Waals surface area contributed by atoms with Crippen LogP contribution in [0.5, 0.6) is 0 Å². The number of para-hydroxylation sites is 2. The Balaban J connectivity index is 1.87. The quantitative estimate of drug-likeness (QED) is 0.781. The van der Waals surface area contributed by atoms with Gasteiger partial charge in [-0.15, -0.1) is 0 Å². The van der Waals surface area contributed by atoms with Crippen molar-refractivity contribution in [3.63, 3.8) is 0 Å². The number of rotatable bonds is 3. The highest BCUT2D eigenvalue weighted by molar-refractivity contribution is 7.16. The van der Waals surface area contributed by atoms with E-state index in [0.717, 1.165) is 17.4 Å². The molecule has 0 aliphatic carbocycles. The number of benzene rings is 2. The Labute approximate surface area is 138 Å². The van der Waals surface area contributed by atoms with Crippen LogP contribution in [-0.2, 0) is 17.5 Å². The fourth-order valence-electron chi connectivity index (χ4n) is 2.34. The summed E-state index contributed by atoms with van der Waals surface area (Å²) in [5.41, 5.74) is -0.685. The van der Waals surface area contributed by atoms with Crippen molar-refractivity contribution >= 4 is 33.1 Å². The number of halogens is 3. The van der Waals surface area contributed by atoms with E-state index in [9.17, 15) is 22.8 Å². The smallest absolute Gasteiger partial charge is 0.324 e. The second kappa shape index (κ2) is 6.12. The van der Waals surface area contributed by atoms with E-state index in [1.807, 2.05) is 0 Å². The zero-order chi connectivity index (χ0) is 17.3. The van der Waals surface area contributed by atoms with E-state index < -0.39 is 17.6 Å². The molecule has 0 bridgehead atoms. The van der Waals surface area contributed by atoms with Crippen molar-refractivity contribution in [3.05, 3.63) is 63.8 Å². The molecule has 1 amide bonds. The van der Waals surface area contributed by atoms with E-state index in [1.54, 1.807) is 24.3 Å². The Bertz CT molecular complexity index is 960. The van der Waals surface area contributed by atoms with Gasteiger partial charge in [0.1, 0.15) is 6.54 Å². The van der Waals surface area contributed by atoms with Gasteiger partial charge in [0, 0.05) is 0 Å². The molecule has 3 aromatic rings. The summed E-state index contributed by atoms with van der Waals surface area (Å²) in [5, 5.41) is 2.23. The molecule has 0 aliphatic heterocycles. The zero-order valence-electron chi connectivity index (χ0n) is 12.1. The number of nitrogens with zero attached hydrogens (tertiary/aromatic N) is 1. The number of amides is 1. The lowest BCUT2D eigenvalue weighted by atomic mass is 10.1. The monoisotopic (exact) mass is 352 g/mol. The molecule has 0 aliphatic rings. The maximum absolute atomic E-state index is 12.9. The molecule has 2 aromatic carbocycles. The van der Waals surface area contributed by atoms with Crippen LogP contribution in [0, 0.1) is 0 Å². The lowest BCUT2D eigenvalue weighted by Gasteiger charge is -2.13. The second-order valence-electron chi connectivity index (χ2n) is 5.01. The summed E-state index contributed by atoms with van der Waals surface area (Å²) in [6.07, 6.45) is -4.57. The van der Waals surface area contributed by atoms with Gasteiger partial charge in [-0.05, 0) is 24.3 Å². The minimum Gasteiger partial charge on any atom is -0.324 e. The van der Waals surface area contributed by atoms with Gasteiger partial charge >= 0.3 is 11.0 Å². The third kappa shape index (κ3) is 3.18. The fraction of sp³-hybridized carbons (Fsp3) is 0.125. The molecular weight excluding hydrogens is 341 g/mol. The molecule has 24 heavy (non-hydrogen) atoms. The number of thiazole rings is 1. The van der Waals surface area contributed by atoms with Crippen LogP contribution in [0.15, 0.2) is 53.3 Å². The molecule has 124 valence electrons. The molecule has 0 radical (unpaired) electrons. The maximum atomic E-state index is 12.9. The molecule has 1 heterocycles. The molecule has 0 unspecified atom stereocenters. The number of fused-ring (bicyclic) bond motifs is 1. The predicted octanol–water partition coefficient (Wildman–Crippen LogP) is 3.72. The first-order chi connectivity index (χ1) is 11.4. The van der Waals surface area contributed by atoms with E-state index in [-0.39, 0.29) is 17.1 Å². The summed E-state index contributed by atoms with van der Waals surface area (Å²) in [5.74, 6) is -0.697. The van der Waals surface area contributed by atoms with E-state index in [2.05, 4.69) is 5.32 Å². The average molecular weight is 352 g/mol. The molecular formula is C16H11F3N2O2S. The Hall–Kier alpha value is -2.61. The number of aromatic nitrogens is 1. The molecule has 0 spiro atoms. The van der Waals surface area contributed by atoms with Gasteiger partial charge in [-0.2, -0.15) is 13.2 Å². The summed E-state index contributed by atoms with van der Waals surface area (Å²) < 4.78 is 40.8. The van der Waals surface area contributed by atoms with Crippen LogP contribution in [-0.4, -0.2) is 10.5 Å². The van der Waals surface area contributed by atoms with Gasteiger partial charge in [-0.3, -0.25) is 14.2 Å². The number of anilines is 1. The van der Waals surface area contributed by atoms with E-state index in [1.165, 1.54) is 22.8 Å². The SMILES string of the molecule is O=C(Cn1c(=O)sc2ccccc21)Nc1ccccc1C(F)(F)F. The van der Waals surface area contributed by atoms with Crippen LogP contribution in [0.3, 0.4) is 0 Å². The topological polar surface area (TPSA) is 51.1 Å². The summed E-state index contributed by atoms with van der Waals surface area (Å²) in [6, 6.07) is 11.6. The molecule has 0 saturated heterocycles. The van der Waals surface area contributed by atoms with Gasteiger partial charge < -0.3 is 5.32 Å². The first-order valence-corrected chi connectivity index (χ1v) is 7.72.